The number of aromatic nitrogens is 2. The molecular weight excluding hydrogens is 326 g/mol. The van der Waals surface area contributed by atoms with Gasteiger partial charge in [0.05, 0.1) is 5.69 Å². The smallest absolute Gasteiger partial charge is 0.253 e. The number of likely N-dealkylation sites (tertiary alicyclic amines) is 1. The number of hydrogen-bond donors (Lipinski definition) is 0. The van der Waals surface area contributed by atoms with Crippen LogP contribution < -0.4 is 4.74 Å². The molecule has 0 bridgehead atoms. The van der Waals surface area contributed by atoms with Gasteiger partial charge in [-0.15, -0.1) is 10.2 Å². The van der Waals surface area contributed by atoms with Gasteiger partial charge in [0.2, 0.25) is 5.88 Å². The van der Waals surface area contributed by atoms with Crippen LogP contribution in [0, 0.1) is 0 Å². The molecule has 1 amide bonds. The Hall–Kier alpha value is -3.21. The molecule has 130 valence electrons. The molecule has 0 saturated carbocycles. The van der Waals surface area contributed by atoms with Gasteiger partial charge < -0.3 is 9.64 Å². The largest absolute Gasteiger partial charge is 0.438 e. The van der Waals surface area contributed by atoms with Crippen LogP contribution in [0.25, 0.3) is 11.3 Å². The van der Waals surface area contributed by atoms with Crippen molar-refractivity contribution < 1.29 is 9.53 Å². The molecule has 5 heteroatoms. The van der Waals surface area contributed by atoms with Crippen molar-refractivity contribution in [1.82, 2.24) is 15.1 Å². The average molecular weight is 345 g/mol. The molecule has 2 heterocycles. The molecule has 1 aromatic heterocycles. The zero-order valence-electron chi connectivity index (χ0n) is 14.3. The van der Waals surface area contributed by atoms with E-state index in [0.29, 0.717) is 22.9 Å². The van der Waals surface area contributed by atoms with Crippen LogP contribution in [0.3, 0.4) is 0 Å². The molecule has 0 radical (unpaired) electrons. The zero-order valence-corrected chi connectivity index (χ0v) is 14.3. The fourth-order valence-corrected chi connectivity index (χ4v) is 3.05. The molecule has 1 saturated heterocycles. The molecule has 4 rings (SSSR count). The van der Waals surface area contributed by atoms with Gasteiger partial charge in [-0.1, -0.05) is 30.3 Å². The van der Waals surface area contributed by atoms with Crippen molar-refractivity contribution in [1.29, 1.82) is 0 Å². The third kappa shape index (κ3) is 3.57. The Balaban J connectivity index is 1.52. The van der Waals surface area contributed by atoms with E-state index in [9.17, 15) is 4.79 Å². The van der Waals surface area contributed by atoms with Crippen LogP contribution in [0.15, 0.2) is 66.7 Å². The highest BCUT2D eigenvalue weighted by Crippen LogP contribution is 2.23. The van der Waals surface area contributed by atoms with E-state index in [1.165, 1.54) is 0 Å². The Morgan fingerprint density at radius 3 is 2.42 bits per heavy atom. The first-order valence-electron chi connectivity index (χ1n) is 8.76. The molecule has 26 heavy (non-hydrogen) atoms. The molecule has 1 fully saturated rings. The van der Waals surface area contributed by atoms with Crippen molar-refractivity contribution in [2.24, 2.45) is 0 Å². The van der Waals surface area contributed by atoms with Gasteiger partial charge in [-0.05, 0) is 43.2 Å². The predicted octanol–water partition coefficient (Wildman–Crippen LogP) is 4.17. The maximum absolute atomic E-state index is 12.6. The number of hydrogen-bond acceptors (Lipinski definition) is 4. The van der Waals surface area contributed by atoms with E-state index in [-0.39, 0.29) is 5.91 Å². The van der Waals surface area contributed by atoms with E-state index >= 15 is 0 Å². The summed E-state index contributed by atoms with van der Waals surface area (Å²) in [6.45, 7) is 1.68. The van der Waals surface area contributed by atoms with E-state index in [4.69, 9.17) is 4.74 Å². The number of carbonyl (C=O) groups is 1. The predicted molar refractivity (Wildman–Crippen MR) is 99.1 cm³/mol. The topological polar surface area (TPSA) is 55.3 Å². The third-order valence-corrected chi connectivity index (χ3v) is 4.40. The Bertz CT molecular complexity index is 889. The first kappa shape index (κ1) is 16.3. The molecule has 0 spiro atoms. The standard InChI is InChI=1S/C21H19N3O2/c25-21(24-13-4-5-14-24)17-8-6-7-16(15-17)19-11-12-20(23-22-19)26-18-9-2-1-3-10-18/h1-3,6-12,15H,4-5,13-14H2. The average Bonchev–Trinajstić information content (AvgIpc) is 3.24. The first-order chi connectivity index (χ1) is 12.8. The molecule has 0 aliphatic carbocycles. The van der Waals surface area contributed by atoms with Gasteiger partial charge in [0, 0.05) is 30.3 Å². The second-order valence-corrected chi connectivity index (χ2v) is 6.25. The summed E-state index contributed by atoms with van der Waals surface area (Å²) < 4.78 is 5.66. The second-order valence-electron chi connectivity index (χ2n) is 6.25. The highest BCUT2D eigenvalue weighted by Gasteiger charge is 2.19. The van der Waals surface area contributed by atoms with Crippen molar-refractivity contribution in [2.75, 3.05) is 13.1 Å². The van der Waals surface area contributed by atoms with Crippen molar-refractivity contribution in [3.63, 3.8) is 0 Å². The lowest BCUT2D eigenvalue weighted by Gasteiger charge is -2.15. The van der Waals surface area contributed by atoms with Crippen LogP contribution >= 0.6 is 0 Å². The molecule has 0 unspecified atom stereocenters. The summed E-state index contributed by atoms with van der Waals surface area (Å²) in [4.78, 5) is 14.5. The Kier molecular flexibility index (Phi) is 4.60. The number of amides is 1. The maximum atomic E-state index is 12.6. The van der Waals surface area contributed by atoms with Gasteiger partial charge in [-0.25, -0.2) is 0 Å². The minimum atomic E-state index is 0.0846. The van der Waals surface area contributed by atoms with Crippen LogP contribution in [0.4, 0.5) is 0 Å². The molecule has 5 nitrogen and oxygen atoms in total. The fourth-order valence-electron chi connectivity index (χ4n) is 3.05. The van der Waals surface area contributed by atoms with Gasteiger partial charge in [0.25, 0.3) is 5.91 Å². The summed E-state index contributed by atoms with van der Waals surface area (Å²) in [5.41, 5.74) is 2.27. The summed E-state index contributed by atoms with van der Waals surface area (Å²) in [7, 11) is 0. The molecule has 1 aliphatic heterocycles. The lowest BCUT2D eigenvalue weighted by Crippen LogP contribution is -2.27. The summed E-state index contributed by atoms with van der Waals surface area (Å²) in [5, 5.41) is 8.38. The molecule has 1 aliphatic rings. The number of carbonyl (C=O) groups excluding carboxylic acids is 1. The van der Waals surface area contributed by atoms with E-state index in [1.54, 1.807) is 6.07 Å². The van der Waals surface area contributed by atoms with Gasteiger partial charge in [-0.3, -0.25) is 4.79 Å². The summed E-state index contributed by atoms with van der Waals surface area (Å²) in [6, 6.07) is 20.6. The van der Waals surface area contributed by atoms with Crippen molar-refractivity contribution in [3.8, 4) is 22.9 Å². The normalized spacial score (nSPS) is 13.6. The summed E-state index contributed by atoms with van der Waals surface area (Å²) in [6.07, 6.45) is 2.17. The van der Waals surface area contributed by atoms with Gasteiger partial charge in [0.15, 0.2) is 0 Å². The monoisotopic (exact) mass is 345 g/mol. The highest BCUT2D eigenvalue weighted by molar-refractivity contribution is 5.95. The highest BCUT2D eigenvalue weighted by atomic mass is 16.5. The molecule has 3 aromatic rings. The van der Waals surface area contributed by atoms with Gasteiger partial charge in [0.1, 0.15) is 5.75 Å². The van der Waals surface area contributed by atoms with Gasteiger partial charge in [-0.2, -0.15) is 0 Å². The maximum Gasteiger partial charge on any atom is 0.253 e. The number of para-hydroxylation sites is 1. The first-order valence-corrected chi connectivity index (χ1v) is 8.76. The molecule has 0 N–H and O–H groups in total. The Morgan fingerprint density at radius 2 is 1.69 bits per heavy atom. The van der Waals surface area contributed by atoms with E-state index < -0.39 is 0 Å². The number of rotatable bonds is 4. The molecular formula is C21H19N3O2. The lowest BCUT2D eigenvalue weighted by molar-refractivity contribution is 0.0793. The number of benzene rings is 2. The SMILES string of the molecule is O=C(c1cccc(-c2ccc(Oc3ccccc3)nn2)c1)N1CCCC1. The summed E-state index contributed by atoms with van der Waals surface area (Å²) >= 11 is 0. The van der Waals surface area contributed by atoms with Crippen molar-refractivity contribution in [3.05, 3.63) is 72.3 Å². The Morgan fingerprint density at radius 1 is 0.885 bits per heavy atom. The lowest BCUT2D eigenvalue weighted by atomic mass is 10.1. The Labute approximate surface area is 152 Å². The second kappa shape index (κ2) is 7.35. The van der Waals surface area contributed by atoms with Crippen LogP contribution in [-0.2, 0) is 0 Å². The fraction of sp³-hybridized carbons (Fsp3) is 0.190. The molecule has 0 atom stereocenters. The zero-order chi connectivity index (χ0) is 17.8. The number of ether oxygens (including phenoxy) is 1. The van der Waals surface area contributed by atoms with E-state index in [0.717, 1.165) is 31.5 Å². The van der Waals surface area contributed by atoms with Crippen molar-refractivity contribution >= 4 is 5.91 Å². The number of nitrogens with zero attached hydrogens (tertiary/aromatic N) is 3. The third-order valence-electron chi connectivity index (χ3n) is 4.40. The van der Waals surface area contributed by atoms with Crippen LogP contribution in [-0.4, -0.2) is 34.1 Å². The van der Waals surface area contributed by atoms with Crippen LogP contribution in [0.1, 0.15) is 23.2 Å². The van der Waals surface area contributed by atoms with Crippen molar-refractivity contribution in [2.45, 2.75) is 12.8 Å². The van der Waals surface area contributed by atoms with Crippen LogP contribution in [0.2, 0.25) is 0 Å². The molecule has 2 aromatic carbocycles. The van der Waals surface area contributed by atoms with Gasteiger partial charge >= 0.3 is 0 Å². The van der Waals surface area contributed by atoms with E-state index in [2.05, 4.69) is 10.2 Å². The van der Waals surface area contributed by atoms with Crippen LogP contribution in [0.5, 0.6) is 11.6 Å². The minimum absolute atomic E-state index is 0.0846. The quantitative estimate of drug-likeness (QED) is 0.712. The minimum Gasteiger partial charge on any atom is -0.438 e. The van der Waals surface area contributed by atoms with E-state index in [1.807, 2.05) is 65.6 Å². The summed E-state index contributed by atoms with van der Waals surface area (Å²) in [5.74, 6) is 1.23.